The Bertz CT molecular complexity index is 183. The summed E-state index contributed by atoms with van der Waals surface area (Å²) in [6.45, 7) is 0. The number of nitrogens with zero attached hydrogens (tertiary/aromatic N) is 1. The van der Waals surface area contributed by atoms with E-state index in [2.05, 4.69) is 10.3 Å². The van der Waals surface area contributed by atoms with Crippen molar-refractivity contribution in [2.24, 2.45) is 0 Å². The number of allylic oxidation sites excluding steroid dienone is 3. The molecule has 56 valence electrons. The summed E-state index contributed by atoms with van der Waals surface area (Å²) in [5.41, 5.74) is 2.41. The Hall–Kier alpha value is -0.850. The van der Waals surface area contributed by atoms with Gasteiger partial charge in [-0.1, -0.05) is 0 Å². The number of hydroxylamine groups is 1. The van der Waals surface area contributed by atoms with Crippen LogP contribution in [0.2, 0.25) is 0 Å². The topological polar surface area (TPSA) is 45.0 Å². The molecule has 0 spiro atoms. The Balaban J connectivity index is 0. The van der Waals surface area contributed by atoms with E-state index in [1.54, 1.807) is 18.4 Å². The van der Waals surface area contributed by atoms with Gasteiger partial charge in [-0.25, -0.2) is 5.48 Å². The summed E-state index contributed by atoms with van der Waals surface area (Å²) >= 11 is 0. The van der Waals surface area contributed by atoms with E-state index in [0.29, 0.717) is 0 Å². The number of nitrogens with one attached hydrogen (secondary N) is 1. The number of rotatable bonds is 0. The molecule has 5 heteroatoms. The Morgan fingerprint density at radius 3 is 2.50 bits per heavy atom. The zero-order chi connectivity index (χ0) is 5.82. The van der Waals surface area contributed by atoms with Crippen molar-refractivity contribution in [1.82, 2.24) is 5.48 Å². The predicted octanol–water partition coefficient (Wildman–Crippen LogP) is 1.29. The van der Waals surface area contributed by atoms with Gasteiger partial charge >= 0.3 is 0 Å². The van der Waals surface area contributed by atoms with Crippen LogP contribution in [0.15, 0.2) is 24.1 Å². The summed E-state index contributed by atoms with van der Waals surface area (Å²) in [7, 11) is 0. The second-order valence-corrected chi connectivity index (χ2v) is 1.22. The van der Waals surface area contributed by atoms with Gasteiger partial charge in [0.15, 0.2) is 0 Å². The fourth-order valence-electron chi connectivity index (χ4n) is 0.366. The fourth-order valence-corrected chi connectivity index (χ4v) is 0.366. The van der Waals surface area contributed by atoms with Crippen molar-refractivity contribution >= 4 is 24.8 Å². The van der Waals surface area contributed by atoms with Crippen molar-refractivity contribution in [3.05, 3.63) is 24.1 Å². The molecule has 0 aromatic carbocycles. The maximum Gasteiger partial charge on any atom is 0.231 e. The SMILES string of the molecule is Cl.Cl.N#CC1=CC=CNO1. The summed E-state index contributed by atoms with van der Waals surface area (Å²) in [6, 6.07) is 1.83. The highest BCUT2D eigenvalue weighted by molar-refractivity contribution is 5.85. The van der Waals surface area contributed by atoms with Gasteiger partial charge in [0.05, 0.1) is 0 Å². The number of nitriles is 1. The van der Waals surface area contributed by atoms with Crippen LogP contribution in [0.4, 0.5) is 0 Å². The third-order valence-electron chi connectivity index (χ3n) is 0.691. The van der Waals surface area contributed by atoms with E-state index in [-0.39, 0.29) is 30.6 Å². The standard InChI is InChI=1S/C5H4N2O.2ClH/c6-4-5-2-1-3-7-8-5;;/h1-3,7H;2*1H. The summed E-state index contributed by atoms with van der Waals surface area (Å²) in [5.74, 6) is 0.285. The van der Waals surface area contributed by atoms with Crippen LogP contribution in [0.5, 0.6) is 0 Å². The van der Waals surface area contributed by atoms with E-state index in [4.69, 9.17) is 5.26 Å². The molecule has 0 aliphatic carbocycles. The molecule has 0 saturated carbocycles. The summed E-state index contributed by atoms with van der Waals surface area (Å²) < 4.78 is 0. The normalized spacial score (nSPS) is 12.1. The van der Waals surface area contributed by atoms with Crippen molar-refractivity contribution in [3.63, 3.8) is 0 Å². The van der Waals surface area contributed by atoms with Crippen LogP contribution < -0.4 is 5.48 Å². The van der Waals surface area contributed by atoms with Crippen molar-refractivity contribution in [1.29, 1.82) is 5.26 Å². The van der Waals surface area contributed by atoms with E-state index < -0.39 is 0 Å². The molecule has 0 atom stereocenters. The van der Waals surface area contributed by atoms with Gasteiger partial charge in [-0.2, -0.15) is 5.26 Å². The molecular formula is C5H6Cl2N2O. The van der Waals surface area contributed by atoms with Gasteiger partial charge in [0.2, 0.25) is 5.76 Å². The Morgan fingerprint density at radius 1 is 1.50 bits per heavy atom. The molecule has 1 rings (SSSR count). The van der Waals surface area contributed by atoms with Crippen molar-refractivity contribution in [2.45, 2.75) is 0 Å². The summed E-state index contributed by atoms with van der Waals surface area (Å²) in [5, 5.41) is 8.17. The molecule has 0 radical (unpaired) electrons. The zero-order valence-corrected chi connectivity index (χ0v) is 6.54. The van der Waals surface area contributed by atoms with Crippen LogP contribution in [-0.4, -0.2) is 0 Å². The first-order chi connectivity index (χ1) is 3.93. The molecule has 0 aromatic rings. The molecule has 1 aliphatic heterocycles. The zero-order valence-electron chi connectivity index (χ0n) is 4.90. The lowest BCUT2D eigenvalue weighted by Gasteiger charge is -2.02. The van der Waals surface area contributed by atoms with Crippen LogP contribution in [0.3, 0.4) is 0 Å². The molecule has 0 amide bonds. The molecule has 0 fully saturated rings. The Kier molecular flexibility index (Phi) is 7.46. The largest absolute Gasteiger partial charge is 0.371 e. The maximum absolute atomic E-state index is 8.17. The van der Waals surface area contributed by atoms with E-state index in [1.165, 1.54) is 0 Å². The summed E-state index contributed by atoms with van der Waals surface area (Å²) in [6.07, 6.45) is 4.87. The van der Waals surface area contributed by atoms with Crippen LogP contribution in [-0.2, 0) is 4.84 Å². The lowest BCUT2D eigenvalue weighted by Crippen LogP contribution is -2.07. The second-order valence-electron chi connectivity index (χ2n) is 1.22. The van der Waals surface area contributed by atoms with E-state index >= 15 is 0 Å². The molecule has 10 heavy (non-hydrogen) atoms. The highest BCUT2D eigenvalue weighted by atomic mass is 35.5. The Labute approximate surface area is 71.1 Å². The van der Waals surface area contributed by atoms with E-state index in [0.717, 1.165) is 0 Å². The van der Waals surface area contributed by atoms with Crippen LogP contribution in [0.25, 0.3) is 0 Å². The molecule has 0 unspecified atom stereocenters. The minimum absolute atomic E-state index is 0. The summed E-state index contributed by atoms with van der Waals surface area (Å²) in [4.78, 5) is 4.59. The van der Waals surface area contributed by atoms with E-state index in [1.807, 2.05) is 6.07 Å². The van der Waals surface area contributed by atoms with Gasteiger partial charge in [-0.3, -0.25) is 0 Å². The third-order valence-corrected chi connectivity index (χ3v) is 0.691. The average molecular weight is 181 g/mol. The first kappa shape index (κ1) is 11.9. The molecule has 0 bridgehead atoms. The van der Waals surface area contributed by atoms with Crippen molar-refractivity contribution < 1.29 is 4.84 Å². The van der Waals surface area contributed by atoms with Crippen LogP contribution in [0.1, 0.15) is 0 Å². The minimum atomic E-state index is 0. The molecule has 1 aliphatic rings. The van der Waals surface area contributed by atoms with Gasteiger partial charge in [-0.15, -0.1) is 24.8 Å². The predicted molar refractivity (Wildman–Crippen MR) is 41.6 cm³/mol. The smallest absolute Gasteiger partial charge is 0.231 e. The molecule has 0 saturated heterocycles. The van der Waals surface area contributed by atoms with Gasteiger partial charge in [-0.05, 0) is 12.2 Å². The van der Waals surface area contributed by atoms with Gasteiger partial charge in [0.25, 0.3) is 0 Å². The quantitative estimate of drug-likeness (QED) is 0.612. The monoisotopic (exact) mass is 180 g/mol. The molecule has 0 aromatic heterocycles. The first-order valence-corrected chi connectivity index (χ1v) is 2.13. The van der Waals surface area contributed by atoms with Crippen LogP contribution in [0, 0.1) is 11.3 Å². The van der Waals surface area contributed by atoms with Gasteiger partial charge in [0, 0.05) is 6.20 Å². The highest BCUT2D eigenvalue weighted by Crippen LogP contribution is 1.95. The lowest BCUT2D eigenvalue weighted by molar-refractivity contribution is 0.151. The van der Waals surface area contributed by atoms with Crippen LogP contribution >= 0.6 is 24.8 Å². The number of hydrogen-bond donors (Lipinski definition) is 1. The number of hydrogen-bond acceptors (Lipinski definition) is 3. The molecule has 1 heterocycles. The molecule has 1 N–H and O–H groups in total. The van der Waals surface area contributed by atoms with Gasteiger partial charge in [0.1, 0.15) is 6.07 Å². The maximum atomic E-state index is 8.17. The van der Waals surface area contributed by atoms with E-state index in [9.17, 15) is 0 Å². The third kappa shape index (κ3) is 3.23. The minimum Gasteiger partial charge on any atom is -0.371 e. The highest BCUT2D eigenvalue weighted by Gasteiger charge is 1.93. The average Bonchev–Trinajstić information content (AvgIpc) is 1.90. The lowest BCUT2D eigenvalue weighted by atomic mass is 10.4. The van der Waals surface area contributed by atoms with Crippen molar-refractivity contribution in [3.8, 4) is 6.07 Å². The van der Waals surface area contributed by atoms with Gasteiger partial charge < -0.3 is 4.84 Å². The van der Waals surface area contributed by atoms with Crippen molar-refractivity contribution in [2.75, 3.05) is 0 Å². The number of halogens is 2. The second kappa shape index (κ2) is 6.27. The molecule has 3 nitrogen and oxygen atoms in total. The Morgan fingerprint density at radius 2 is 2.20 bits per heavy atom. The molecular weight excluding hydrogens is 175 g/mol. The fraction of sp³-hybridized carbons (Fsp3) is 0. The first-order valence-electron chi connectivity index (χ1n) is 2.13.